The van der Waals surface area contributed by atoms with Crippen molar-refractivity contribution >= 4 is 10.1 Å². The molecule has 0 aliphatic rings. The Kier molecular flexibility index (Phi) is 6.27. The Bertz CT molecular complexity index is 914. The van der Waals surface area contributed by atoms with Gasteiger partial charge in [-0.2, -0.15) is 0 Å². The minimum atomic E-state index is -6.27. The van der Waals surface area contributed by atoms with E-state index in [2.05, 4.69) is 0 Å². The van der Waals surface area contributed by atoms with Gasteiger partial charge in [0.2, 0.25) is 0 Å². The van der Waals surface area contributed by atoms with E-state index in [0.717, 1.165) is 11.1 Å². The van der Waals surface area contributed by atoms with Gasteiger partial charge in [0.15, 0.2) is 0 Å². The van der Waals surface area contributed by atoms with Crippen molar-refractivity contribution in [2.24, 2.45) is 0 Å². The van der Waals surface area contributed by atoms with E-state index in [1.807, 2.05) is 41.5 Å². The average Bonchev–Trinajstić information content (AvgIpc) is 2.58. The Morgan fingerprint density at radius 3 is 1.21 bits per heavy atom. The van der Waals surface area contributed by atoms with Gasteiger partial charge >= 0.3 is 176 Å². The predicted molar refractivity (Wildman–Crippen MR) is 105 cm³/mol. The van der Waals surface area contributed by atoms with Gasteiger partial charge in [0.05, 0.1) is 0 Å². The number of benzene rings is 2. The monoisotopic (exact) mass is 543 g/mol. The van der Waals surface area contributed by atoms with Gasteiger partial charge in [0.25, 0.3) is 0 Å². The van der Waals surface area contributed by atoms with Crippen LogP contribution in [0, 0.1) is 7.14 Å². The van der Waals surface area contributed by atoms with Crippen molar-refractivity contribution in [2.75, 3.05) is 0 Å². The van der Waals surface area contributed by atoms with Crippen molar-refractivity contribution in [3.63, 3.8) is 0 Å². The molecular formula is C21H27F3IO3S-. The molecule has 0 unspecified atom stereocenters. The molecule has 29 heavy (non-hydrogen) atoms. The molecule has 2 aromatic rings. The fourth-order valence-corrected chi connectivity index (χ4v) is 11.4. The van der Waals surface area contributed by atoms with Crippen molar-refractivity contribution < 1.29 is 43.6 Å². The zero-order valence-corrected chi connectivity index (χ0v) is 20.3. The molecule has 0 aliphatic heterocycles. The van der Waals surface area contributed by atoms with Crippen LogP contribution in [0.3, 0.4) is 0 Å². The molecule has 0 aliphatic carbocycles. The van der Waals surface area contributed by atoms with E-state index in [0.29, 0.717) is 0 Å². The standard InChI is InChI=1S/C21H27F3IO3S/c1-19(2,3)15-7-11-17(12-8-15)25(24,21(22,23)29(26,27)28)18-13-9-16(10-14-18)20(4,5)6/h7-14H,1-6H3,(H,26,27,28)/q-1. The summed E-state index contributed by atoms with van der Waals surface area (Å²) in [5.74, 6) is 0. The molecule has 0 aromatic heterocycles. The van der Waals surface area contributed by atoms with E-state index in [1.54, 1.807) is 0 Å². The summed E-state index contributed by atoms with van der Waals surface area (Å²) in [7, 11) is -5.96. The van der Waals surface area contributed by atoms with Crippen molar-refractivity contribution in [1.29, 1.82) is 0 Å². The Balaban J connectivity index is 2.74. The van der Waals surface area contributed by atoms with E-state index in [4.69, 9.17) is 0 Å². The SMILES string of the molecule is CC(C)(C)c1ccc([I-](F)(c2ccc(C(C)(C)C)cc2)C(F)(F)S(=O)(=O)O)cc1. The summed E-state index contributed by atoms with van der Waals surface area (Å²) in [6.07, 6.45) is 0. The molecule has 0 saturated carbocycles. The van der Waals surface area contributed by atoms with Crippen LogP contribution >= 0.6 is 0 Å². The fourth-order valence-electron chi connectivity index (χ4n) is 2.76. The Morgan fingerprint density at radius 1 is 0.724 bits per heavy atom. The molecule has 0 radical (unpaired) electrons. The Labute approximate surface area is 175 Å². The van der Waals surface area contributed by atoms with Crippen molar-refractivity contribution in [2.45, 2.75) is 55.6 Å². The molecule has 0 atom stereocenters. The zero-order chi connectivity index (χ0) is 22.5. The van der Waals surface area contributed by atoms with Crippen LogP contribution in [0.25, 0.3) is 0 Å². The van der Waals surface area contributed by atoms with Crippen LogP contribution in [0.4, 0.5) is 11.6 Å². The molecule has 1 N–H and O–H groups in total. The van der Waals surface area contributed by atoms with Crippen LogP contribution in [0.5, 0.6) is 0 Å². The number of hydrogen-bond acceptors (Lipinski definition) is 2. The summed E-state index contributed by atoms with van der Waals surface area (Å²) in [6, 6.07) is 11.0. The second-order valence-corrected chi connectivity index (χ2v) is 17.8. The first-order valence-electron chi connectivity index (χ1n) is 8.95. The molecule has 3 nitrogen and oxygen atoms in total. The van der Waals surface area contributed by atoms with Gasteiger partial charge in [-0.25, -0.2) is 0 Å². The van der Waals surface area contributed by atoms with Crippen LogP contribution in [-0.2, 0) is 20.9 Å². The Morgan fingerprint density at radius 2 is 1.00 bits per heavy atom. The third kappa shape index (κ3) is 4.49. The van der Waals surface area contributed by atoms with Crippen LogP contribution in [0.15, 0.2) is 48.5 Å². The number of alkyl halides is 3. The Hall–Kier alpha value is -1.13. The van der Waals surface area contributed by atoms with Crippen LogP contribution in [0.2, 0.25) is 0 Å². The maximum atomic E-state index is 16.3. The van der Waals surface area contributed by atoms with Crippen LogP contribution in [-0.4, -0.2) is 16.2 Å². The van der Waals surface area contributed by atoms with Gasteiger partial charge in [-0.3, -0.25) is 0 Å². The van der Waals surface area contributed by atoms with Gasteiger partial charge < -0.3 is 0 Å². The predicted octanol–water partition coefficient (Wildman–Crippen LogP) is 2.80. The minimum absolute atomic E-state index is 0.288. The molecule has 8 heteroatoms. The topological polar surface area (TPSA) is 54.4 Å². The first-order chi connectivity index (χ1) is 12.9. The summed E-state index contributed by atoms with van der Waals surface area (Å²) in [5.41, 5.74) is 1.01. The van der Waals surface area contributed by atoms with Crippen molar-refractivity contribution in [3.8, 4) is 0 Å². The van der Waals surface area contributed by atoms with E-state index < -0.39 is 32.4 Å². The van der Waals surface area contributed by atoms with Crippen molar-refractivity contribution in [3.05, 3.63) is 66.8 Å². The van der Waals surface area contributed by atoms with Gasteiger partial charge in [-0.05, 0) is 0 Å². The van der Waals surface area contributed by atoms with E-state index in [1.165, 1.54) is 48.5 Å². The molecule has 0 amide bonds. The third-order valence-electron chi connectivity index (χ3n) is 4.62. The van der Waals surface area contributed by atoms with E-state index >= 15 is 2.86 Å². The molecule has 164 valence electrons. The maximum absolute atomic E-state index is 16.3. The molecule has 0 fully saturated rings. The summed E-state index contributed by atoms with van der Waals surface area (Å²) in [6.45, 7) is 11.5. The summed E-state index contributed by atoms with van der Waals surface area (Å²) in [4.78, 5) is 0. The van der Waals surface area contributed by atoms with Gasteiger partial charge in [0.1, 0.15) is 0 Å². The average molecular weight is 543 g/mol. The molecule has 0 saturated heterocycles. The summed E-state index contributed by atoms with van der Waals surface area (Å²) < 4.78 is 72.6. The van der Waals surface area contributed by atoms with Gasteiger partial charge in [-0.1, -0.05) is 0 Å². The van der Waals surface area contributed by atoms with E-state index in [9.17, 15) is 21.8 Å². The molecular weight excluding hydrogens is 516 g/mol. The molecule has 0 bridgehead atoms. The van der Waals surface area contributed by atoms with E-state index in [-0.39, 0.29) is 18.0 Å². The normalized spacial score (nSPS) is 14.7. The number of halogens is 4. The second-order valence-electron chi connectivity index (χ2n) is 8.93. The number of rotatable bonds is 4. The van der Waals surface area contributed by atoms with Crippen molar-refractivity contribution in [1.82, 2.24) is 0 Å². The van der Waals surface area contributed by atoms with Gasteiger partial charge in [0, 0.05) is 0 Å². The van der Waals surface area contributed by atoms with Crippen LogP contribution < -0.4 is 19.0 Å². The zero-order valence-electron chi connectivity index (χ0n) is 17.3. The first-order valence-corrected chi connectivity index (χ1v) is 14.4. The molecule has 0 spiro atoms. The fraction of sp³-hybridized carbons (Fsp3) is 0.429. The molecule has 2 rings (SSSR count). The van der Waals surface area contributed by atoms with Crippen LogP contribution in [0.1, 0.15) is 52.7 Å². The summed E-state index contributed by atoms with van der Waals surface area (Å²) in [5, 5.41) is 0. The third-order valence-corrected chi connectivity index (χ3v) is 14.9. The molecule has 2 aromatic carbocycles. The number of hydrogen-bond donors (Lipinski definition) is 1. The molecule has 0 heterocycles. The first kappa shape index (κ1) is 24.1. The second kappa shape index (κ2) is 7.53. The van der Waals surface area contributed by atoms with Gasteiger partial charge in [-0.15, -0.1) is 0 Å². The summed E-state index contributed by atoms with van der Waals surface area (Å²) >= 11 is -6.27. The quantitative estimate of drug-likeness (QED) is 0.367.